The lowest BCUT2D eigenvalue weighted by Crippen LogP contribution is -2.32. The van der Waals surface area contributed by atoms with E-state index in [1.165, 1.54) is 0 Å². The number of benzene rings is 1. The molecule has 0 radical (unpaired) electrons. The van der Waals surface area contributed by atoms with Crippen molar-refractivity contribution < 1.29 is 4.79 Å². The fourth-order valence-electron chi connectivity index (χ4n) is 2.40. The molecule has 3 aromatic rings. The van der Waals surface area contributed by atoms with Gasteiger partial charge in [-0.3, -0.25) is 9.78 Å². The summed E-state index contributed by atoms with van der Waals surface area (Å²) in [7, 11) is 0. The molecule has 0 unspecified atom stereocenters. The minimum absolute atomic E-state index is 0.124. The van der Waals surface area contributed by atoms with Crippen LogP contribution in [0.3, 0.4) is 0 Å². The van der Waals surface area contributed by atoms with E-state index in [-0.39, 0.29) is 17.9 Å². The number of nitrogens with one attached hydrogen (secondary N) is 2. The van der Waals surface area contributed by atoms with E-state index < -0.39 is 0 Å². The molecule has 0 spiro atoms. The van der Waals surface area contributed by atoms with Crippen molar-refractivity contribution in [2.45, 2.75) is 19.9 Å². The molecule has 112 valence electrons. The number of hydrogen-bond acceptors (Lipinski definition) is 3. The Bertz CT molecular complexity index is 746. The van der Waals surface area contributed by atoms with Crippen LogP contribution in [0.5, 0.6) is 0 Å². The summed E-state index contributed by atoms with van der Waals surface area (Å²) < 4.78 is 0. The number of pyridine rings is 1. The lowest BCUT2D eigenvalue weighted by Gasteiger charge is -2.20. The molecular formula is C17H18N4O. The highest BCUT2D eigenvalue weighted by molar-refractivity contribution is 5.94. The molecule has 0 saturated heterocycles. The van der Waals surface area contributed by atoms with Crippen molar-refractivity contribution in [2.75, 3.05) is 0 Å². The van der Waals surface area contributed by atoms with Gasteiger partial charge in [0.15, 0.2) is 0 Å². The number of aromatic nitrogens is 3. The van der Waals surface area contributed by atoms with Gasteiger partial charge in [0.1, 0.15) is 5.82 Å². The van der Waals surface area contributed by atoms with Crippen molar-refractivity contribution in [1.29, 1.82) is 0 Å². The molecule has 5 nitrogen and oxygen atoms in total. The molecule has 0 bridgehead atoms. The van der Waals surface area contributed by atoms with Gasteiger partial charge >= 0.3 is 0 Å². The molecule has 2 N–H and O–H groups in total. The molecule has 0 fully saturated rings. The van der Waals surface area contributed by atoms with Crippen LogP contribution in [0.2, 0.25) is 0 Å². The quantitative estimate of drug-likeness (QED) is 0.776. The van der Waals surface area contributed by atoms with Crippen LogP contribution in [-0.2, 0) is 0 Å². The minimum atomic E-state index is -0.173. The first-order chi connectivity index (χ1) is 10.6. The summed E-state index contributed by atoms with van der Waals surface area (Å²) in [5, 5.41) is 3.05. The zero-order chi connectivity index (χ0) is 15.5. The minimum Gasteiger partial charge on any atom is -0.342 e. The Morgan fingerprint density at radius 2 is 1.86 bits per heavy atom. The van der Waals surface area contributed by atoms with Crippen LogP contribution in [-0.4, -0.2) is 20.9 Å². The highest BCUT2D eigenvalue weighted by Crippen LogP contribution is 2.22. The first-order valence-electron chi connectivity index (χ1n) is 7.30. The third-order valence-corrected chi connectivity index (χ3v) is 3.60. The second-order valence-corrected chi connectivity index (χ2v) is 5.57. The summed E-state index contributed by atoms with van der Waals surface area (Å²) in [4.78, 5) is 24.2. The number of carbonyl (C=O) groups is 1. The van der Waals surface area contributed by atoms with Crippen molar-refractivity contribution >= 4 is 16.9 Å². The van der Waals surface area contributed by atoms with E-state index in [0.29, 0.717) is 5.56 Å². The standard InChI is InChI=1S/C17H18N4O/c1-11(2)15(21-17(22)12-7-9-18-10-8-12)16-19-13-5-3-4-6-14(13)20-16/h3-11,15H,1-2H3,(H,19,20)(H,21,22)/t15-/m1/s1. The molecule has 1 atom stereocenters. The van der Waals surface area contributed by atoms with E-state index in [0.717, 1.165) is 16.9 Å². The monoisotopic (exact) mass is 294 g/mol. The number of H-pyrrole nitrogens is 1. The van der Waals surface area contributed by atoms with Crippen molar-refractivity contribution in [3.05, 3.63) is 60.2 Å². The van der Waals surface area contributed by atoms with Crippen LogP contribution in [0, 0.1) is 5.92 Å². The molecule has 0 saturated carbocycles. The maximum absolute atomic E-state index is 12.4. The molecule has 3 rings (SSSR count). The Morgan fingerprint density at radius 3 is 2.55 bits per heavy atom. The number of rotatable bonds is 4. The molecule has 5 heteroatoms. The number of imidazole rings is 1. The van der Waals surface area contributed by atoms with Gasteiger partial charge in [0.05, 0.1) is 17.1 Å². The molecule has 2 aromatic heterocycles. The number of amides is 1. The zero-order valence-electron chi connectivity index (χ0n) is 12.6. The summed E-state index contributed by atoms with van der Waals surface area (Å²) in [6, 6.07) is 11.1. The van der Waals surface area contributed by atoms with Gasteiger partial charge < -0.3 is 10.3 Å². The first-order valence-corrected chi connectivity index (χ1v) is 7.30. The van der Waals surface area contributed by atoms with E-state index in [4.69, 9.17) is 0 Å². The second-order valence-electron chi connectivity index (χ2n) is 5.57. The molecule has 0 aliphatic carbocycles. The Labute approximate surface area is 128 Å². The topological polar surface area (TPSA) is 70.7 Å². The van der Waals surface area contributed by atoms with Crippen LogP contribution >= 0.6 is 0 Å². The smallest absolute Gasteiger partial charge is 0.251 e. The Morgan fingerprint density at radius 1 is 1.14 bits per heavy atom. The summed E-state index contributed by atoms with van der Waals surface area (Å²) in [5.41, 5.74) is 2.47. The fraction of sp³-hybridized carbons (Fsp3) is 0.235. The van der Waals surface area contributed by atoms with Crippen LogP contribution in [0.15, 0.2) is 48.8 Å². The average molecular weight is 294 g/mol. The van der Waals surface area contributed by atoms with E-state index >= 15 is 0 Å². The predicted octanol–water partition coefficient (Wildman–Crippen LogP) is 3.09. The van der Waals surface area contributed by atoms with Gasteiger partial charge in [0.2, 0.25) is 0 Å². The van der Waals surface area contributed by atoms with Crippen LogP contribution in [0.25, 0.3) is 11.0 Å². The van der Waals surface area contributed by atoms with Gasteiger partial charge in [0, 0.05) is 18.0 Å². The Balaban J connectivity index is 1.88. The van der Waals surface area contributed by atoms with Crippen molar-refractivity contribution in [3.8, 4) is 0 Å². The SMILES string of the molecule is CC(C)[C@@H](NC(=O)c1ccncc1)c1nc2ccccc2[nH]1. The fourth-order valence-corrected chi connectivity index (χ4v) is 2.40. The third-order valence-electron chi connectivity index (χ3n) is 3.60. The number of para-hydroxylation sites is 2. The van der Waals surface area contributed by atoms with Crippen LogP contribution < -0.4 is 5.32 Å². The van der Waals surface area contributed by atoms with Gasteiger partial charge in [-0.2, -0.15) is 0 Å². The highest BCUT2D eigenvalue weighted by Gasteiger charge is 2.22. The van der Waals surface area contributed by atoms with Gasteiger partial charge in [-0.1, -0.05) is 26.0 Å². The van der Waals surface area contributed by atoms with Gasteiger partial charge in [0.25, 0.3) is 5.91 Å². The van der Waals surface area contributed by atoms with Crippen LogP contribution in [0.4, 0.5) is 0 Å². The molecule has 0 aliphatic heterocycles. The molecule has 0 aliphatic rings. The van der Waals surface area contributed by atoms with E-state index in [1.54, 1.807) is 24.5 Å². The number of aromatic amines is 1. The number of nitrogens with zero attached hydrogens (tertiary/aromatic N) is 2. The first kappa shape index (κ1) is 14.3. The second kappa shape index (κ2) is 5.97. The number of fused-ring (bicyclic) bond motifs is 1. The summed E-state index contributed by atoms with van der Waals surface area (Å²) in [6.07, 6.45) is 3.22. The Kier molecular flexibility index (Phi) is 3.87. The molecule has 1 aromatic carbocycles. The van der Waals surface area contributed by atoms with Gasteiger partial charge in [-0.05, 0) is 30.2 Å². The lowest BCUT2D eigenvalue weighted by molar-refractivity contribution is 0.0923. The highest BCUT2D eigenvalue weighted by atomic mass is 16.1. The van der Waals surface area contributed by atoms with E-state index in [1.807, 2.05) is 24.3 Å². The van der Waals surface area contributed by atoms with E-state index in [9.17, 15) is 4.79 Å². The van der Waals surface area contributed by atoms with Gasteiger partial charge in [-0.15, -0.1) is 0 Å². The van der Waals surface area contributed by atoms with E-state index in [2.05, 4.69) is 34.1 Å². The van der Waals surface area contributed by atoms with Crippen molar-refractivity contribution in [3.63, 3.8) is 0 Å². The third kappa shape index (κ3) is 2.83. The molecule has 22 heavy (non-hydrogen) atoms. The number of carbonyl (C=O) groups excluding carboxylic acids is 1. The summed E-state index contributed by atoms with van der Waals surface area (Å²) in [5.74, 6) is 0.867. The zero-order valence-corrected chi connectivity index (χ0v) is 12.6. The maximum atomic E-state index is 12.4. The molecule has 1 amide bonds. The van der Waals surface area contributed by atoms with Crippen LogP contribution in [0.1, 0.15) is 36.1 Å². The maximum Gasteiger partial charge on any atom is 0.251 e. The van der Waals surface area contributed by atoms with Gasteiger partial charge in [-0.25, -0.2) is 4.98 Å². The molecular weight excluding hydrogens is 276 g/mol. The van der Waals surface area contributed by atoms with Crippen molar-refractivity contribution in [1.82, 2.24) is 20.3 Å². The normalized spacial score (nSPS) is 12.5. The summed E-state index contributed by atoms with van der Waals surface area (Å²) in [6.45, 7) is 4.12. The summed E-state index contributed by atoms with van der Waals surface area (Å²) >= 11 is 0. The van der Waals surface area contributed by atoms with Crippen molar-refractivity contribution in [2.24, 2.45) is 5.92 Å². The average Bonchev–Trinajstić information content (AvgIpc) is 2.96. The Hall–Kier alpha value is -2.69. The molecule has 2 heterocycles. The number of hydrogen-bond donors (Lipinski definition) is 2. The predicted molar refractivity (Wildman–Crippen MR) is 85.4 cm³/mol. The largest absolute Gasteiger partial charge is 0.342 e. The lowest BCUT2D eigenvalue weighted by atomic mass is 10.0.